The van der Waals surface area contributed by atoms with Gasteiger partial charge in [0.05, 0.1) is 11.2 Å². The highest BCUT2D eigenvalue weighted by Crippen LogP contribution is 2.21. The summed E-state index contributed by atoms with van der Waals surface area (Å²) in [7, 11) is 0. The third-order valence-corrected chi connectivity index (χ3v) is 4.41. The van der Waals surface area contributed by atoms with Crippen LogP contribution >= 0.6 is 11.3 Å². The van der Waals surface area contributed by atoms with E-state index in [9.17, 15) is 9.59 Å². The number of thiazole rings is 1. The molecular weight excluding hydrogens is 262 g/mol. The highest BCUT2D eigenvalue weighted by molar-refractivity contribution is 7.07. The third-order valence-electron chi connectivity index (χ3n) is 3.78. The minimum absolute atomic E-state index is 0.00247. The van der Waals surface area contributed by atoms with E-state index in [1.807, 2.05) is 12.3 Å². The van der Waals surface area contributed by atoms with Crippen LogP contribution in [0.1, 0.15) is 32.9 Å². The Labute approximate surface area is 117 Å². The van der Waals surface area contributed by atoms with Crippen LogP contribution in [0.4, 0.5) is 0 Å². The molecule has 0 aliphatic carbocycles. The van der Waals surface area contributed by atoms with Crippen LogP contribution in [0.15, 0.2) is 10.9 Å². The Morgan fingerprint density at radius 2 is 2.26 bits per heavy atom. The number of carbonyl (C=O) groups excluding carboxylic acids is 2. The van der Waals surface area contributed by atoms with E-state index in [4.69, 9.17) is 0 Å². The summed E-state index contributed by atoms with van der Waals surface area (Å²) in [6.45, 7) is 6.00. The monoisotopic (exact) mass is 281 g/mol. The van der Waals surface area contributed by atoms with Gasteiger partial charge in [-0.25, -0.2) is 4.98 Å². The van der Waals surface area contributed by atoms with Gasteiger partial charge in [0.25, 0.3) is 0 Å². The molecule has 2 heterocycles. The van der Waals surface area contributed by atoms with E-state index < -0.39 is 11.6 Å². The Hall–Kier alpha value is -1.43. The molecule has 2 rings (SSSR count). The molecule has 0 aromatic carbocycles. The van der Waals surface area contributed by atoms with Crippen molar-refractivity contribution < 1.29 is 9.59 Å². The SMILES string of the molecule is CCC1(C)NC(=O)C(C)N(CCc2cscn2)C1=O. The molecule has 2 amide bonds. The Morgan fingerprint density at radius 3 is 2.84 bits per heavy atom. The summed E-state index contributed by atoms with van der Waals surface area (Å²) in [5.41, 5.74) is 1.97. The van der Waals surface area contributed by atoms with Crippen molar-refractivity contribution in [3.8, 4) is 0 Å². The number of hydrogen-bond acceptors (Lipinski definition) is 4. The minimum atomic E-state index is -0.772. The molecule has 2 atom stereocenters. The largest absolute Gasteiger partial charge is 0.340 e. The standard InChI is InChI=1S/C13H19N3O2S/c1-4-13(3)12(18)16(9(2)11(17)15-13)6-5-10-7-19-8-14-10/h7-9H,4-6H2,1-3H3,(H,15,17). The summed E-state index contributed by atoms with van der Waals surface area (Å²) in [6, 6.07) is -0.411. The topological polar surface area (TPSA) is 62.3 Å². The van der Waals surface area contributed by atoms with E-state index in [1.54, 1.807) is 24.3 Å². The first kappa shape index (κ1) is 14.0. The maximum atomic E-state index is 12.5. The van der Waals surface area contributed by atoms with Gasteiger partial charge in [-0.3, -0.25) is 9.59 Å². The second-order valence-electron chi connectivity index (χ2n) is 5.08. The minimum Gasteiger partial charge on any atom is -0.340 e. The zero-order chi connectivity index (χ0) is 14.0. The molecule has 0 saturated carbocycles. The fraction of sp³-hybridized carbons (Fsp3) is 0.615. The number of piperazine rings is 1. The molecule has 1 saturated heterocycles. The zero-order valence-electron chi connectivity index (χ0n) is 11.5. The van der Waals surface area contributed by atoms with Crippen molar-refractivity contribution in [2.24, 2.45) is 0 Å². The quantitative estimate of drug-likeness (QED) is 0.902. The normalized spacial score (nSPS) is 27.5. The van der Waals surface area contributed by atoms with E-state index in [0.717, 1.165) is 5.69 Å². The lowest BCUT2D eigenvalue weighted by Crippen LogP contribution is -2.68. The first-order valence-electron chi connectivity index (χ1n) is 6.48. The summed E-state index contributed by atoms with van der Waals surface area (Å²) < 4.78 is 0. The van der Waals surface area contributed by atoms with E-state index in [-0.39, 0.29) is 11.8 Å². The van der Waals surface area contributed by atoms with E-state index in [0.29, 0.717) is 19.4 Å². The molecule has 1 aromatic rings. The Balaban J connectivity index is 2.11. The second kappa shape index (κ2) is 5.28. The van der Waals surface area contributed by atoms with Gasteiger partial charge in [-0.2, -0.15) is 0 Å². The number of rotatable bonds is 4. The van der Waals surface area contributed by atoms with Crippen LogP contribution in [0.2, 0.25) is 0 Å². The van der Waals surface area contributed by atoms with Crippen molar-refractivity contribution in [2.45, 2.75) is 45.2 Å². The molecule has 1 N–H and O–H groups in total. The van der Waals surface area contributed by atoms with Gasteiger partial charge in [0.2, 0.25) is 11.8 Å². The van der Waals surface area contributed by atoms with Crippen LogP contribution in [0.25, 0.3) is 0 Å². The van der Waals surface area contributed by atoms with Gasteiger partial charge < -0.3 is 10.2 Å². The van der Waals surface area contributed by atoms with Crippen molar-refractivity contribution in [2.75, 3.05) is 6.54 Å². The second-order valence-corrected chi connectivity index (χ2v) is 5.80. The Morgan fingerprint density at radius 1 is 1.53 bits per heavy atom. The molecule has 1 fully saturated rings. The van der Waals surface area contributed by atoms with Crippen LogP contribution in [0, 0.1) is 0 Å². The Bertz CT molecular complexity index is 474. The van der Waals surface area contributed by atoms with E-state index in [2.05, 4.69) is 10.3 Å². The molecule has 1 aliphatic rings. The van der Waals surface area contributed by atoms with Gasteiger partial charge in [-0.05, 0) is 20.3 Å². The van der Waals surface area contributed by atoms with Gasteiger partial charge in [0, 0.05) is 18.3 Å². The molecule has 0 bridgehead atoms. The lowest BCUT2D eigenvalue weighted by atomic mass is 9.92. The smallest absolute Gasteiger partial charge is 0.248 e. The van der Waals surface area contributed by atoms with Crippen molar-refractivity contribution in [3.63, 3.8) is 0 Å². The third kappa shape index (κ3) is 2.63. The molecule has 1 aromatic heterocycles. The van der Waals surface area contributed by atoms with Gasteiger partial charge >= 0.3 is 0 Å². The van der Waals surface area contributed by atoms with Gasteiger partial charge in [-0.1, -0.05) is 6.92 Å². The average molecular weight is 281 g/mol. The molecule has 5 nitrogen and oxygen atoms in total. The number of aromatic nitrogens is 1. The average Bonchev–Trinajstić information content (AvgIpc) is 2.90. The molecule has 1 aliphatic heterocycles. The van der Waals surface area contributed by atoms with E-state index in [1.165, 1.54) is 11.3 Å². The summed E-state index contributed by atoms with van der Waals surface area (Å²) in [6.07, 6.45) is 1.28. The lowest BCUT2D eigenvalue weighted by molar-refractivity contribution is -0.153. The molecule has 2 unspecified atom stereocenters. The molecule has 0 spiro atoms. The predicted molar refractivity (Wildman–Crippen MR) is 73.8 cm³/mol. The number of hydrogen-bond donors (Lipinski definition) is 1. The van der Waals surface area contributed by atoms with Gasteiger partial charge in [0.15, 0.2) is 0 Å². The van der Waals surface area contributed by atoms with Gasteiger partial charge in [0.1, 0.15) is 11.6 Å². The molecule has 104 valence electrons. The molecule has 19 heavy (non-hydrogen) atoms. The van der Waals surface area contributed by atoms with Crippen LogP contribution in [-0.2, 0) is 16.0 Å². The maximum Gasteiger partial charge on any atom is 0.248 e. The van der Waals surface area contributed by atoms with Crippen molar-refractivity contribution >= 4 is 23.2 Å². The van der Waals surface area contributed by atoms with Crippen LogP contribution in [0.3, 0.4) is 0 Å². The van der Waals surface area contributed by atoms with Crippen molar-refractivity contribution in [1.29, 1.82) is 0 Å². The van der Waals surface area contributed by atoms with Crippen molar-refractivity contribution in [3.05, 3.63) is 16.6 Å². The highest BCUT2D eigenvalue weighted by Gasteiger charge is 2.44. The zero-order valence-corrected chi connectivity index (χ0v) is 12.3. The maximum absolute atomic E-state index is 12.5. The van der Waals surface area contributed by atoms with Crippen LogP contribution in [0.5, 0.6) is 0 Å². The van der Waals surface area contributed by atoms with Gasteiger partial charge in [-0.15, -0.1) is 11.3 Å². The first-order valence-corrected chi connectivity index (χ1v) is 7.42. The predicted octanol–water partition coefficient (Wildman–Crippen LogP) is 1.20. The number of amides is 2. The van der Waals surface area contributed by atoms with E-state index >= 15 is 0 Å². The number of nitrogens with one attached hydrogen (secondary N) is 1. The highest BCUT2D eigenvalue weighted by atomic mass is 32.1. The number of carbonyl (C=O) groups is 2. The molecule has 6 heteroatoms. The summed E-state index contributed by atoms with van der Waals surface area (Å²) in [5.74, 6) is -0.0837. The summed E-state index contributed by atoms with van der Waals surface area (Å²) in [5, 5.41) is 4.79. The fourth-order valence-corrected chi connectivity index (χ4v) is 2.79. The van der Waals surface area contributed by atoms with Crippen molar-refractivity contribution in [1.82, 2.24) is 15.2 Å². The first-order chi connectivity index (χ1) is 8.98. The molecule has 0 radical (unpaired) electrons. The number of nitrogens with zero attached hydrogens (tertiary/aromatic N) is 2. The lowest BCUT2D eigenvalue weighted by Gasteiger charge is -2.43. The summed E-state index contributed by atoms with van der Waals surface area (Å²) in [4.78, 5) is 30.3. The summed E-state index contributed by atoms with van der Waals surface area (Å²) >= 11 is 1.54. The van der Waals surface area contributed by atoms with Crippen LogP contribution in [-0.4, -0.2) is 39.8 Å². The fourth-order valence-electron chi connectivity index (χ4n) is 2.20. The van der Waals surface area contributed by atoms with Crippen LogP contribution < -0.4 is 5.32 Å². The molecular formula is C13H19N3O2S. The Kier molecular flexibility index (Phi) is 3.89.